The lowest BCUT2D eigenvalue weighted by Crippen LogP contribution is -2.22. The number of ether oxygens (including phenoxy) is 1. The summed E-state index contributed by atoms with van der Waals surface area (Å²) in [5, 5.41) is 8.01. The summed E-state index contributed by atoms with van der Waals surface area (Å²) in [4.78, 5) is 11.3. The van der Waals surface area contributed by atoms with Gasteiger partial charge in [-0.2, -0.15) is 0 Å². The van der Waals surface area contributed by atoms with Crippen molar-refractivity contribution in [3.8, 4) is 0 Å². The smallest absolute Gasteiger partial charge is 0.330 e. The number of nitrogens with one attached hydrogen (secondary N) is 1. The number of rotatable bonds is 12. The molecule has 3 N–H and O–H groups in total. The first-order chi connectivity index (χ1) is 12.9. The lowest BCUT2D eigenvalue weighted by Gasteiger charge is -2.11. The Labute approximate surface area is 163 Å². The van der Waals surface area contributed by atoms with Crippen LogP contribution in [0, 0.1) is 5.41 Å². The van der Waals surface area contributed by atoms with Crippen LogP contribution in [-0.2, 0) is 16.0 Å². The largest absolute Gasteiger partial charge is 0.455 e. The Hall–Kier alpha value is -2.46. The zero-order chi connectivity index (χ0) is 20.2. The monoisotopic (exact) mass is 368 g/mol. The van der Waals surface area contributed by atoms with Gasteiger partial charge in [0.05, 0.1) is 0 Å². The van der Waals surface area contributed by atoms with E-state index >= 15 is 0 Å². The maximum Gasteiger partial charge on any atom is 0.330 e. The van der Waals surface area contributed by atoms with Crippen LogP contribution in [0.1, 0.15) is 50.7 Å². The Bertz CT molecular complexity index is 674. The average Bonchev–Trinajstić information content (AvgIpc) is 2.69. The highest BCUT2D eigenvalue weighted by molar-refractivity contribution is 5.82. The van der Waals surface area contributed by atoms with Gasteiger partial charge < -0.3 is 15.9 Å². The number of carbonyl (C=O) groups is 1. The molecule has 0 fully saturated rings. The Balaban J connectivity index is 2.58. The number of benzene rings is 1. The molecule has 146 valence electrons. The molecular weight excluding hydrogens is 336 g/mol. The first-order valence-electron chi connectivity index (χ1n) is 9.50. The van der Waals surface area contributed by atoms with Crippen molar-refractivity contribution in [1.29, 1.82) is 5.41 Å². The predicted molar refractivity (Wildman–Crippen MR) is 114 cm³/mol. The topological polar surface area (TPSA) is 76.2 Å². The SMILES string of the molecule is C=CC(=O)OC(C=CC(=C)c1ccc(CCC(=N)CC(N)CC)cc1)CC. The second kappa shape index (κ2) is 12.0. The summed E-state index contributed by atoms with van der Waals surface area (Å²) in [6.45, 7) is 11.5. The van der Waals surface area contributed by atoms with E-state index in [1.54, 1.807) is 0 Å². The zero-order valence-electron chi connectivity index (χ0n) is 16.5. The highest BCUT2D eigenvalue weighted by atomic mass is 16.5. The van der Waals surface area contributed by atoms with E-state index in [4.69, 9.17) is 15.9 Å². The summed E-state index contributed by atoms with van der Waals surface area (Å²) >= 11 is 0. The van der Waals surface area contributed by atoms with Gasteiger partial charge in [0.15, 0.2) is 0 Å². The van der Waals surface area contributed by atoms with Gasteiger partial charge in [0, 0.05) is 24.3 Å². The molecule has 1 aromatic rings. The fraction of sp³-hybridized carbons (Fsp3) is 0.391. The van der Waals surface area contributed by atoms with Crippen molar-refractivity contribution in [2.24, 2.45) is 5.73 Å². The van der Waals surface area contributed by atoms with Gasteiger partial charge in [0.1, 0.15) is 6.10 Å². The van der Waals surface area contributed by atoms with Crippen molar-refractivity contribution < 1.29 is 9.53 Å². The Morgan fingerprint density at radius 2 is 1.93 bits per heavy atom. The lowest BCUT2D eigenvalue weighted by atomic mass is 9.99. The minimum atomic E-state index is -0.424. The Morgan fingerprint density at radius 1 is 1.26 bits per heavy atom. The number of aryl methyl sites for hydroxylation is 1. The van der Waals surface area contributed by atoms with Crippen LogP contribution in [0.25, 0.3) is 5.57 Å². The van der Waals surface area contributed by atoms with Gasteiger partial charge in [-0.25, -0.2) is 4.79 Å². The molecule has 0 bridgehead atoms. The molecule has 27 heavy (non-hydrogen) atoms. The van der Waals surface area contributed by atoms with Crippen molar-refractivity contribution in [3.05, 3.63) is 66.8 Å². The number of nitrogens with two attached hydrogens (primary N) is 1. The maximum atomic E-state index is 11.3. The zero-order valence-corrected chi connectivity index (χ0v) is 16.5. The van der Waals surface area contributed by atoms with E-state index in [1.807, 2.05) is 38.1 Å². The molecule has 2 unspecified atom stereocenters. The van der Waals surface area contributed by atoms with Crippen molar-refractivity contribution in [2.75, 3.05) is 0 Å². The molecule has 0 aliphatic carbocycles. The number of carbonyl (C=O) groups excluding carboxylic acids is 1. The average molecular weight is 369 g/mol. The van der Waals surface area contributed by atoms with Crippen LogP contribution in [0.15, 0.2) is 55.7 Å². The molecule has 0 saturated heterocycles. The third kappa shape index (κ3) is 8.65. The maximum absolute atomic E-state index is 11.3. The summed E-state index contributed by atoms with van der Waals surface area (Å²) in [6, 6.07) is 8.28. The van der Waals surface area contributed by atoms with Gasteiger partial charge in [-0.3, -0.25) is 0 Å². The van der Waals surface area contributed by atoms with Crippen LogP contribution in [0.5, 0.6) is 0 Å². The summed E-state index contributed by atoms with van der Waals surface area (Å²) in [7, 11) is 0. The molecule has 0 aromatic heterocycles. The van der Waals surface area contributed by atoms with E-state index in [0.717, 1.165) is 30.4 Å². The fourth-order valence-corrected chi connectivity index (χ4v) is 2.52. The molecule has 4 heteroatoms. The molecule has 0 amide bonds. The number of hydrogen-bond donors (Lipinski definition) is 2. The molecule has 0 saturated carbocycles. The molecule has 1 aromatic carbocycles. The lowest BCUT2D eigenvalue weighted by molar-refractivity contribution is -0.140. The van der Waals surface area contributed by atoms with Gasteiger partial charge >= 0.3 is 5.97 Å². The number of esters is 1. The predicted octanol–water partition coefficient (Wildman–Crippen LogP) is 4.84. The first kappa shape index (κ1) is 22.6. The molecule has 1 rings (SSSR count). The van der Waals surface area contributed by atoms with E-state index in [-0.39, 0.29) is 12.1 Å². The van der Waals surface area contributed by atoms with Crippen molar-refractivity contribution >= 4 is 17.3 Å². The van der Waals surface area contributed by atoms with E-state index in [0.29, 0.717) is 18.6 Å². The molecular formula is C23H32N2O2. The van der Waals surface area contributed by atoms with Crippen molar-refractivity contribution in [2.45, 2.75) is 58.1 Å². The van der Waals surface area contributed by atoms with E-state index in [2.05, 4.69) is 25.3 Å². The highest BCUT2D eigenvalue weighted by Crippen LogP contribution is 2.17. The molecule has 0 aliphatic heterocycles. The second-order valence-electron chi connectivity index (χ2n) is 6.64. The van der Waals surface area contributed by atoms with Gasteiger partial charge in [0.2, 0.25) is 0 Å². The third-order valence-corrected chi connectivity index (χ3v) is 4.42. The van der Waals surface area contributed by atoms with Gasteiger partial charge in [-0.15, -0.1) is 0 Å². The Kier molecular flexibility index (Phi) is 10.1. The van der Waals surface area contributed by atoms with Crippen LogP contribution in [0.4, 0.5) is 0 Å². The minimum Gasteiger partial charge on any atom is -0.455 e. The van der Waals surface area contributed by atoms with Gasteiger partial charge in [0.25, 0.3) is 0 Å². The molecule has 0 aliphatic rings. The summed E-state index contributed by atoms with van der Waals surface area (Å²) < 4.78 is 5.23. The van der Waals surface area contributed by atoms with Gasteiger partial charge in [-0.05, 0) is 48.5 Å². The van der Waals surface area contributed by atoms with E-state index in [1.165, 1.54) is 11.6 Å². The summed E-state index contributed by atoms with van der Waals surface area (Å²) in [5.41, 5.74) is 9.68. The minimum absolute atomic E-state index is 0.0905. The highest BCUT2D eigenvalue weighted by Gasteiger charge is 2.07. The van der Waals surface area contributed by atoms with E-state index in [9.17, 15) is 4.79 Å². The summed E-state index contributed by atoms with van der Waals surface area (Å²) in [5.74, 6) is -0.424. The van der Waals surface area contributed by atoms with Crippen molar-refractivity contribution in [1.82, 2.24) is 0 Å². The normalized spacial score (nSPS) is 13.1. The van der Waals surface area contributed by atoms with E-state index < -0.39 is 5.97 Å². The van der Waals surface area contributed by atoms with Crippen LogP contribution in [0.3, 0.4) is 0 Å². The first-order valence-corrected chi connectivity index (χ1v) is 9.50. The molecule has 4 nitrogen and oxygen atoms in total. The van der Waals surface area contributed by atoms with Crippen molar-refractivity contribution in [3.63, 3.8) is 0 Å². The number of hydrogen-bond acceptors (Lipinski definition) is 4. The van der Waals surface area contributed by atoms with Crippen LogP contribution in [0.2, 0.25) is 0 Å². The summed E-state index contributed by atoms with van der Waals surface area (Å²) in [6.07, 6.45) is 8.44. The quantitative estimate of drug-likeness (QED) is 0.240. The molecule has 0 radical (unpaired) electrons. The fourth-order valence-electron chi connectivity index (χ4n) is 2.52. The van der Waals surface area contributed by atoms with Crippen LogP contribution in [-0.4, -0.2) is 23.8 Å². The standard InChI is InChI=1S/C23H32N2O2/c1-5-20(24)16-21(25)14-11-18-9-12-19(13-10-18)17(4)8-15-22(6-2)27-23(26)7-3/h7-10,12-13,15,20,22,25H,3-6,11,14,16,24H2,1-2H3. The Morgan fingerprint density at radius 3 is 2.48 bits per heavy atom. The van der Waals surface area contributed by atoms with Crippen LogP contribution >= 0.6 is 0 Å². The third-order valence-electron chi connectivity index (χ3n) is 4.42. The molecule has 0 spiro atoms. The van der Waals surface area contributed by atoms with Gasteiger partial charge in [-0.1, -0.05) is 57.3 Å². The number of allylic oxidation sites excluding steroid dienone is 2. The second-order valence-corrected chi connectivity index (χ2v) is 6.64. The molecule has 2 atom stereocenters. The molecule has 0 heterocycles. The van der Waals surface area contributed by atoms with Crippen LogP contribution < -0.4 is 5.73 Å².